The lowest BCUT2D eigenvalue weighted by atomic mass is 10.1. The molecule has 0 atom stereocenters. The highest BCUT2D eigenvalue weighted by Crippen LogP contribution is 2.37. The molecule has 0 fully saturated rings. The van der Waals surface area contributed by atoms with Gasteiger partial charge in [0.15, 0.2) is 0 Å². The van der Waals surface area contributed by atoms with Gasteiger partial charge in [0.25, 0.3) is 0 Å². The molecule has 0 aliphatic rings. The summed E-state index contributed by atoms with van der Waals surface area (Å²) in [6.45, 7) is 0. The number of carbonyl (C=O) groups is 2. The Morgan fingerprint density at radius 3 is 1.29 bits per heavy atom. The Hall–Kier alpha value is -2.46. The third-order valence-corrected chi connectivity index (χ3v) is 3.75. The van der Waals surface area contributed by atoms with Gasteiger partial charge in [-0.05, 0) is 36.4 Å². The van der Waals surface area contributed by atoms with E-state index in [1.807, 2.05) is 0 Å². The first-order valence-electron chi connectivity index (χ1n) is 7.15. The Labute approximate surface area is 163 Å². The van der Waals surface area contributed by atoms with Crippen LogP contribution in [0.3, 0.4) is 0 Å². The van der Waals surface area contributed by atoms with Gasteiger partial charge in [0.05, 0.1) is 22.5 Å². The summed E-state index contributed by atoms with van der Waals surface area (Å²) < 4.78 is 78.0. The summed E-state index contributed by atoms with van der Waals surface area (Å²) in [7, 11) is 0. The number of alkyl halides is 6. The number of hydrogen-bond acceptors (Lipinski definition) is 2. The lowest BCUT2D eigenvalue weighted by molar-refractivity contribution is -0.138. The van der Waals surface area contributed by atoms with Crippen LogP contribution in [0.4, 0.5) is 37.7 Å². The number of benzene rings is 2. The molecule has 0 saturated carbocycles. The van der Waals surface area contributed by atoms with Crippen LogP contribution in [-0.4, -0.2) is 11.8 Å². The van der Waals surface area contributed by atoms with Crippen molar-refractivity contribution in [2.24, 2.45) is 0 Å². The lowest BCUT2D eigenvalue weighted by Crippen LogP contribution is -2.30. The maximum absolute atomic E-state index is 13.0. The Kier molecular flexibility index (Phi) is 6.15. The summed E-state index contributed by atoms with van der Waals surface area (Å²) in [6, 6.07) is 4.72. The third-order valence-electron chi connectivity index (χ3n) is 3.28. The molecule has 2 rings (SSSR count). The fourth-order valence-electron chi connectivity index (χ4n) is 2.08. The summed E-state index contributed by atoms with van der Waals surface area (Å²) in [4.78, 5) is 23.8. The van der Waals surface area contributed by atoms with Crippen LogP contribution < -0.4 is 10.6 Å². The SMILES string of the molecule is O=C(Nc1ccc(Cl)cc1C(F)(F)F)C(=O)Nc1ccc(Cl)cc1C(F)(F)F. The fraction of sp³-hybridized carbons (Fsp3) is 0.125. The molecule has 28 heavy (non-hydrogen) atoms. The topological polar surface area (TPSA) is 58.2 Å². The van der Waals surface area contributed by atoms with Gasteiger partial charge in [-0.1, -0.05) is 23.2 Å². The zero-order valence-electron chi connectivity index (χ0n) is 13.3. The Morgan fingerprint density at radius 1 is 0.679 bits per heavy atom. The van der Waals surface area contributed by atoms with E-state index in [0.29, 0.717) is 12.1 Å². The summed E-state index contributed by atoms with van der Waals surface area (Å²) in [5.41, 5.74) is -4.24. The molecule has 12 heteroatoms. The number of rotatable bonds is 2. The molecule has 0 saturated heterocycles. The molecule has 150 valence electrons. The minimum atomic E-state index is -4.90. The Bertz CT molecular complexity index is 853. The minimum Gasteiger partial charge on any atom is -0.317 e. The minimum absolute atomic E-state index is 0.272. The average Bonchev–Trinajstić information content (AvgIpc) is 2.56. The average molecular weight is 445 g/mol. The molecule has 0 spiro atoms. The van der Waals surface area contributed by atoms with Crippen molar-refractivity contribution in [3.63, 3.8) is 0 Å². The smallest absolute Gasteiger partial charge is 0.317 e. The first kappa shape index (κ1) is 21.8. The second-order valence-corrected chi connectivity index (χ2v) is 6.16. The number of hydrogen-bond donors (Lipinski definition) is 2. The molecule has 0 aliphatic heterocycles. The maximum atomic E-state index is 13.0. The molecular weight excluding hydrogens is 437 g/mol. The molecule has 0 aromatic heterocycles. The summed E-state index contributed by atoms with van der Waals surface area (Å²) in [5.74, 6) is -3.23. The zero-order valence-corrected chi connectivity index (χ0v) is 14.8. The van der Waals surface area contributed by atoms with E-state index in [1.54, 1.807) is 10.6 Å². The molecule has 0 unspecified atom stereocenters. The van der Waals surface area contributed by atoms with Crippen molar-refractivity contribution in [2.45, 2.75) is 12.4 Å². The predicted octanol–water partition coefficient (Wildman–Crippen LogP) is 5.61. The normalized spacial score (nSPS) is 11.9. The van der Waals surface area contributed by atoms with Crippen LogP contribution in [0.2, 0.25) is 10.0 Å². The third kappa shape index (κ3) is 5.29. The van der Waals surface area contributed by atoms with E-state index >= 15 is 0 Å². The molecular formula is C16H8Cl2F6N2O2. The van der Waals surface area contributed by atoms with Gasteiger partial charge in [0.2, 0.25) is 0 Å². The van der Waals surface area contributed by atoms with Crippen molar-refractivity contribution in [3.8, 4) is 0 Å². The highest BCUT2D eigenvalue weighted by atomic mass is 35.5. The Morgan fingerprint density at radius 2 is 1.00 bits per heavy atom. The first-order valence-corrected chi connectivity index (χ1v) is 7.90. The summed E-state index contributed by atoms with van der Waals surface area (Å²) in [5, 5.41) is 2.85. The number of carbonyl (C=O) groups excluding carboxylic acids is 2. The van der Waals surface area contributed by atoms with Crippen molar-refractivity contribution in [1.29, 1.82) is 0 Å². The molecule has 2 amide bonds. The highest BCUT2D eigenvalue weighted by Gasteiger charge is 2.36. The van der Waals surface area contributed by atoms with Crippen LogP contribution >= 0.6 is 23.2 Å². The van der Waals surface area contributed by atoms with E-state index in [1.165, 1.54) is 0 Å². The van der Waals surface area contributed by atoms with E-state index in [-0.39, 0.29) is 10.0 Å². The molecule has 2 N–H and O–H groups in total. The monoisotopic (exact) mass is 444 g/mol. The van der Waals surface area contributed by atoms with Crippen molar-refractivity contribution in [2.75, 3.05) is 10.6 Å². The maximum Gasteiger partial charge on any atom is 0.418 e. The highest BCUT2D eigenvalue weighted by molar-refractivity contribution is 6.44. The number of nitrogens with one attached hydrogen (secondary N) is 2. The molecule has 0 heterocycles. The van der Waals surface area contributed by atoms with Gasteiger partial charge < -0.3 is 10.6 Å². The van der Waals surface area contributed by atoms with Crippen LogP contribution in [0.5, 0.6) is 0 Å². The van der Waals surface area contributed by atoms with Gasteiger partial charge in [-0.2, -0.15) is 26.3 Å². The number of halogens is 8. The summed E-state index contributed by atoms with van der Waals surface area (Å²) in [6.07, 6.45) is -9.80. The summed E-state index contributed by atoms with van der Waals surface area (Å²) >= 11 is 11.0. The van der Waals surface area contributed by atoms with E-state index in [0.717, 1.165) is 24.3 Å². The molecule has 2 aromatic rings. The van der Waals surface area contributed by atoms with E-state index < -0.39 is 46.7 Å². The van der Waals surface area contributed by atoms with Crippen molar-refractivity contribution in [1.82, 2.24) is 0 Å². The van der Waals surface area contributed by atoms with Crippen LogP contribution in [0, 0.1) is 0 Å². The van der Waals surface area contributed by atoms with E-state index in [9.17, 15) is 35.9 Å². The molecule has 4 nitrogen and oxygen atoms in total. The van der Waals surface area contributed by atoms with Gasteiger partial charge in [0, 0.05) is 10.0 Å². The van der Waals surface area contributed by atoms with Crippen LogP contribution in [0.15, 0.2) is 36.4 Å². The standard InChI is InChI=1S/C16H8Cl2F6N2O2/c17-7-1-3-11(9(5-7)15(19,20)21)25-13(27)14(28)26-12-4-2-8(18)6-10(12)16(22,23)24/h1-6H,(H,25,27)(H,26,28). The first-order chi connectivity index (χ1) is 12.8. The largest absolute Gasteiger partial charge is 0.418 e. The van der Waals surface area contributed by atoms with Gasteiger partial charge >= 0.3 is 24.2 Å². The van der Waals surface area contributed by atoms with Gasteiger partial charge in [-0.25, -0.2) is 0 Å². The van der Waals surface area contributed by atoms with Crippen molar-refractivity contribution < 1.29 is 35.9 Å². The van der Waals surface area contributed by atoms with Crippen LogP contribution in [0.25, 0.3) is 0 Å². The zero-order chi connectivity index (χ0) is 21.3. The van der Waals surface area contributed by atoms with Crippen LogP contribution in [0.1, 0.15) is 11.1 Å². The van der Waals surface area contributed by atoms with Gasteiger partial charge in [-0.15, -0.1) is 0 Å². The van der Waals surface area contributed by atoms with Crippen LogP contribution in [-0.2, 0) is 21.9 Å². The molecule has 0 radical (unpaired) electrons. The van der Waals surface area contributed by atoms with E-state index in [2.05, 4.69) is 0 Å². The lowest BCUT2D eigenvalue weighted by Gasteiger charge is -2.15. The fourth-order valence-corrected chi connectivity index (χ4v) is 2.42. The number of amides is 2. The molecule has 2 aromatic carbocycles. The quantitative estimate of drug-likeness (QED) is 0.467. The molecule has 0 aliphatic carbocycles. The van der Waals surface area contributed by atoms with Gasteiger partial charge in [-0.3, -0.25) is 9.59 Å². The second-order valence-electron chi connectivity index (χ2n) is 5.28. The van der Waals surface area contributed by atoms with Crippen molar-refractivity contribution >= 4 is 46.4 Å². The van der Waals surface area contributed by atoms with E-state index in [4.69, 9.17) is 23.2 Å². The predicted molar refractivity (Wildman–Crippen MR) is 90.2 cm³/mol. The van der Waals surface area contributed by atoms with Crippen molar-refractivity contribution in [3.05, 3.63) is 57.6 Å². The second kappa shape index (κ2) is 7.88. The number of anilines is 2. The Balaban J connectivity index is 2.26. The molecule has 0 bridgehead atoms. The van der Waals surface area contributed by atoms with Gasteiger partial charge in [0.1, 0.15) is 0 Å².